The van der Waals surface area contributed by atoms with Gasteiger partial charge in [-0.3, -0.25) is 0 Å². The quantitative estimate of drug-likeness (QED) is 0.412. The minimum Gasteiger partial charge on any atom is -0.478 e. The number of carboxylic acid groups (broad SMARTS) is 1. The molecular weight excluding hydrogens is 357 g/mol. The molecule has 132 valence electrons. The number of aromatic nitrogens is 1. The van der Waals surface area contributed by atoms with E-state index in [0.717, 1.165) is 12.1 Å². The fraction of sp³-hybridized carbons (Fsp3) is 0. The molecule has 1 aromatic heterocycles. The monoisotopic (exact) mass is 365 g/mol. The molecule has 0 aliphatic heterocycles. The molecule has 0 saturated heterocycles. The van der Waals surface area contributed by atoms with Gasteiger partial charge >= 0.3 is 5.97 Å². The number of benzene rings is 2. The van der Waals surface area contributed by atoms with Crippen LogP contribution in [0.25, 0.3) is 23.1 Å². The SMILES string of the molecule is O=C(O)c1cc(C=Cc2c(F)c(F)c(F)c(F)c2F)nc2ccccc12. The Labute approximate surface area is 143 Å². The topological polar surface area (TPSA) is 50.2 Å². The van der Waals surface area contributed by atoms with E-state index in [2.05, 4.69) is 4.98 Å². The molecule has 2 aromatic carbocycles. The molecule has 0 radical (unpaired) electrons. The van der Waals surface area contributed by atoms with Gasteiger partial charge in [0.1, 0.15) is 0 Å². The lowest BCUT2D eigenvalue weighted by molar-refractivity contribution is 0.0699. The maximum absolute atomic E-state index is 13.7. The number of carboxylic acids is 1. The summed E-state index contributed by atoms with van der Waals surface area (Å²) in [6, 6.07) is 7.41. The highest BCUT2D eigenvalue weighted by molar-refractivity contribution is 6.03. The largest absolute Gasteiger partial charge is 0.478 e. The van der Waals surface area contributed by atoms with Crippen molar-refractivity contribution in [1.29, 1.82) is 0 Å². The molecule has 0 aliphatic rings. The predicted octanol–water partition coefficient (Wildman–Crippen LogP) is 4.80. The molecule has 3 nitrogen and oxygen atoms in total. The molecule has 0 spiro atoms. The number of rotatable bonds is 3. The van der Waals surface area contributed by atoms with Gasteiger partial charge in [0.25, 0.3) is 0 Å². The van der Waals surface area contributed by atoms with E-state index < -0.39 is 40.6 Å². The van der Waals surface area contributed by atoms with Crippen LogP contribution in [0, 0.1) is 29.1 Å². The van der Waals surface area contributed by atoms with Gasteiger partial charge in [-0.15, -0.1) is 0 Å². The van der Waals surface area contributed by atoms with Gasteiger partial charge in [-0.25, -0.2) is 31.7 Å². The third-order valence-corrected chi connectivity index (χ3v) is 3.63. The van der Waals surface area contributed by atoms with Gasteiger partial charge in [0.15, 0.2) is 23.3 Å². The highest BCUT2D eigenvalue weighted by Crippen LogP contribution is 2.25. The van der Waals surface area contributed by atoms with Crippen molar-refractivity contribution in [3.63, 3.8) is 0 Å². The van der Waals surface area contributed by atoms with Crippen molar-refractivity contribution in [2.45, 2.75) is 0 Å². The van der Waals surface area contributed by atoms with Crippen LogP contribution in [-0.4, -0.2) is 16.1 Å². The second kappa shape index (κ2) is 6.55. The van der Waals surface area contributed by atoms with Gasteiger partial charge in [0.05, 0.1) is 22.3 Å². The normalized spacial score (nSPS) is 11.4. The Morgan fingerprint density at radius 1 is 0.885 bits per heavy atom. The van der Waals surface area contributed by atoms with Crippen molar-refractivity contribution in [1.82, 2.24) is 4.98 Å². The molecule has 0 fully saturated rings. The first kappa shape index (κ1) is 17.5. The van der Waals surface area contributed by atoms with Gasteiger partial charge in [0.2, 0.25) is 5.82 Å². The van der Waals surface area contributed by atoms with E-state index in [1.54, 1.807) is 12.1 Å². The van der Waals surface area contributed by atoms with E-state index in [1.165, 1.54) is 12.1 Å². The molecule has 0 unspecified atom stereocenters. The Bertz CT molecular complexity index is 1050. The Kier molecular flexibility index (Phi) is 4.41. The van der Waals surface area contributed by atoms with Gasteiger partial charge in [0, 0.05) is 5.39 Å². The van der Waals surface area contributed by atoms with Crippen LogP contribution in [-0.2, 0) is 0 Å². The lowest BCUT2D eigenvalue weighted by atomic mass is 10.1. The number of nitrogens with zero attached hydrogens (tertiary/aromatic N) is 1. The van der Waals surface area contributed by atoms with Crippen LogP contribution >= 0.6 is 0 Å². The summed E-state index contributed by atoms with van der Waals surface area (Å²) >= 11 is 0. The Hall–Kier alpha value is -3.29. The van der Waals surface area contributed by atoms with E-state index in [1.807, 2.05) is 0 Å². The van der Waals surface area contributed by atoms with Gasteiger partial charge in [-0.05, 0) is 24.3 Å². The predicted molar refractivity (Wildman–Crippen MR) is 83.9 cm³/mol. The maximum Gasteiger partial charge on any atom is 0.336 e. The van der Waals surface area contributed by atoms with E-state index in [-0.39, 0.29) is 11.3 Å². The fourth-order valence-electron chi connectivity index (χ4n) is 2.40. The Balaban J connectivity index is 2.15. The third-order valence-electron chi connectivity index (χ3n) is 3.63. The lowest BCUT2D eigenvalue weighted by Crippen LogP contribution is -2.04. The highest BCUT2D eigenvalue weighted by Gasteiger charge is 2.24. The zero-order valence-electron chi connectivity index (χ0n) is 12.7. The molecular formula is C18H8F5NO2. The summed E-state index contributed by atoms with van der Waals surface area (Å²) in [7, 11) is 0. The van der Waals surface area contributed by atoms with Crippen LogP contribution in [0.15, 0.2) is 30.3 Å². The average molecular weight is 365 g/mol. The van der Waals surface area contributed by atoms with Crippen LogP contribution in [0.2, 0.25) is 0 Å². The Morgan fingerprint density at radius 3 is 2.08 bits per heavy atom. The number of aromatic carboxylic acids is 1. The lowest BCUT2D eigenvalue weighted by Gasteiger charge is -2.05. The van der Waals surface area contributed by atoms with Crippen LogP contribution in [0.4, 0.5) is 22.0 Å². The number of carbonyl (C=O) groups is 1. The van der Waals surface area contributed by atoms with E-state index in [4.69, 9.17) is 0 Å². The summed E-state index contributed by atoms with van der Waals surface area (Å²) in [5, 5.41) is 9.61. The first-order chi connectivity index (χ1) is 12.3. The number of pyridine rings is 1. The first-order valence-electron chi connectivity index (χ1n) is 7.14. The molecule has 0 amide bonds. The van der Waals surface area contributed by atoms with Crippen molar-refractivity contribution < 1.29 is 31.9 Å². The average Bonchev–Trinajstić information content (AvgIpc) is 2.64. The second-order valence-electron chi connectivity index (χ2n) is 5.23. The molecule has 3 rings (SSSR count). The second-order valence-corrected chi connectivity index (χ2v) is 5.23. The van der Waals surface area contributed by atoms with Crippen LogP contribution in [0.3, 0.4) is 0 Å². The van der Waals surface area contributed by atoms with Crippen LogP contribution in [0.1, 0.15) is 21.6 Å². The molecule has 8 heteroatoms. The molecule has 1 heterocycles. The first-order valence-corrected chi connectivity index (χ1v) is 7.14. The summed E-state index contributed by atoms with van der Waals surface area (Å²) in [6.45, 7) is 0. The van der Waals surface area contributed by atoms with Crippen molar-refractivity contribution in [3.05, 3.63) is 76.2 Å². The number of halogens is 5. The van der Waals surface area contributed by atoms with E-state index >= 15 is 0 Å². The zero-order valence-corrected chi connectivity index (χ0v) is 12.7. The molecule has 26 heavy (non-hydrogen) atoms. The minimum absolute atomic E-state index is 0.0231. The number of fused-ring (bicyclic) bond motifs is 1. The summed E-state index contributed by atoms with van der Waals surface area (Å²) in [6.07, 6.45) is 1.62. The fourth-order valence-corrected chi connectivity index (χ4v) is 2.40. The molecule has 0 atom stereocenters. The minimum atomic E-state index is -2.26. The zero-order chi connectivity index (χ0) is 19.0. The summed E-state index contributed by atoms with van der Waals surface area (Å²) in [5.74, 6) is -11.6. The number of para-hydroxylation sites is 1. The number of hydrogen-bond donors (Lipinski definition) is 1. The van der Waals surface area contributed by atoms with Crippen LogP contribution < -0.4 is 0 Å². The smallest absolute Gasteiger partial charge is 0.336 e. The molecule has 0 saturated carbocycles. The standard InChI is InChI=1S/C18H8F5NO2/c19-13-10(14(20)16(22)17(23)15(13)21)6-5-8-7-11(18(25)26)9-3-1-2-4-12(9)24-8/h1-7H,(H,25,26). The summed E-state index contributed by atoms with van der Waals surface area (Å²) < 4.78 is 66.8. The number of hydrogen-bond acceptors (Lipinski definition) is 2. The van der Waals surface area contributed by atoms with Gasteiger partial charge in [-0.2, -0.15) is 0 Å². The highest BCUT2D eigenvalue weighted by atomic mass is 19.2. The van der Waals surface area contributed by atoms with Crippen molar-refractivity contribution >= 4 is 29.0 Å². The van der Waals surface area contributed by atoms with Gasteiger partial charge in [-0.1, -0.05) is 18.2 Å². The van der Waals surface area contributed by atoms with E-state index in [0.29, 0.717) is 17.0 Å². The Morgan fingerprint density at radius 2 is 1.46 bits per heavy atom. The molecule has 1 N–H and O–H groups in total. The van der Waals surface area contributed by atoms with Crippen molar-refractivity contribution in [3.8, 4) is 0 Å². The van der Waals surface area contributed by atoms with Crippen LogP contribution in [0.5, 0.6) is 0 Å². The molecule has 0 aliphatic carbocycles. The maximum atomic E-state index is 13.7. The summed E-state index contributed by atoms with van der Waals surface area (Å²) in [5.41, 5.74) is -0.990. The van der Waals surface area contributed by atoms with Crippen molar-refractivity contribution in [2.75, 3.05) is 0 Å². The third kappa shape index (κ3) is 2.90. The van der Waals surface area contributed by atoms with Crippen molar-refractivity contribution in [2.24, 2.45) is 0 Å². The summed E-state index contributed by atoms with van der Waals surface area (Å²) in [4.78, 5) is 15.5. The van der Waals surface area contributed by atoms with E-state index in [9.17, 15) is 31.9 Å². The van der Waals surface area contributed by atoms with Gasteiger partial charge < -0.3 is 5.11 Å². The molecule has 3 aromatic rings. The molecule has 0 bridgehead atoms.